The normalized spacial score (nSPS) is 17.8. The zero-order chi connectivity index (χ0) is 16.8. The number of nitrogens with zero attached hydrogens (tertiary/aromatic N) is 3. The van der Waals surface area contributed by atoms with Crippen LogP contribution in [0.4, 0.5) is 11.5 Å². The van der Waals surface area contributed by atoms with Crippen molar-refractivity contribution in [3.63, 3.8) is 0 Å². The highest BCUT2D eigenvalue weighted by Gasteiger charge is 2.27. The number of unbranched alkanes of at least 4 members (excludes halogenated alkanes) is 1. The number of carbonyl (C=O) groups excluding carboxylic acids is 1. The van der Waals surface area contributed by atoms with E-state index >= 15 is 0 Å². The summed E-state index contributed by atoms with van der Waals surface area (Å²) in [5, 5.41) is 13.9. The highest BCUT2D eigenvalue weighted by Crippen LogP contribution is 2.25. The number of piperidine rings is 1. The first kappa shape index (κ1) is 17.2. The maximum absolute atomic E-state index is 12.2. The molecule has 0 aliphatic carbocycles. The van der Waals surface area contributed by atoms with Crippen molar-refractivity contribution in [2.75, 3.05) is 24.5 Å². The van der Waals surface area contributed by atoms with Crippen LogP contribution in [0.15, 0.2) is 12.3 Å². The van der Waals surface area contributed by atoms with Gasteiger partial charge in [0.1, 0.15) is 12.0 Å². The third kappa shape index (κ3) is 4.40. The molecule has 1 unspecified atom stereocenters. The van der Waals surface area contributed by atoms with Gasteiger partial charge in [0.15, 0.2) is 0 Å². The summed E-state index contributed by atoms with van der Waals surface area (Å²) in [7, 11) is 0. The highest BCUT2D eigenvalue weighted by atomic mass is 16.6. The molecule has 1 aromatic heterocycles. The average Bonchev–Trinajstić information content (AvgIpc) is 2.54. The largest absolute Gasteiger partial charge is 0.356 e. The fourth-order valence-corrected chi connectivity index (χ4v) is 2.83. The van der Waals surface area contributed by atoms with E-state index in [0.29, 0.717) is 17.9 Å². The monoisotopic (exact) mass is 320 g/mol. The molecule has 7 heteroatoms. The minimum Gasteiger partial charge on any atom is -0.356 e. The predicted molar refractivity (Wildman–Crippen MR) is 88.5 cm³/mol. The van der Waals surface area contributed by atoms with Gasteiger partial charge < -0.3 is 10.2 Å². The summed E-state index contributed by atoms with van der Waals surface area (Å²) in [6, 6.07) is 1.73. The summed E-state index contributed by atoms with van der Waals surface area (Å²) in [6.45, 7) is 5.96. The van der Waals surface area contributed by atoms with E-state index in [1.165, 1.54) is 6.20 Å². The number of pyridine rings is 1. The van der Waals surface area contributed by atoms with E-state index in [2.05, 4.69) is 17.2 Å². The molecule has 23 heavy (non-hydrogen) atoms. The van der Waals surface area contributed by atoms with Crippen LogP contribution in [-0.2, 0) is 4.79 Å². The van der Waals surface area contributed by atoms with Crippen molar-refractivity contribution >= 4 is 17.4 Å². The van der Waals surface area contributed by atoms with Crippen LogP contribution in [0.1, 0.15) is 38.2 Å². The Bertz CT molecular complexity index is 576. The van der Waals surface area contributed by atoms with Gasteiger partial charge in [-0.05, 0) is 32.3 Å². The summed E-state index contributed by atoms with van der Waals surface area (Å²) in [6.07, 6.45) is 5.15. The maximum Gasteiger partial charge on any atom is 0.290 e. The van der Waals surface area contributed by atoms with E-state index < -0.39 is 4.92 Å². The van der Waals surface area contributed by atoms with Crippen molar-refractivity contribution in [3.8, 4) is 0 Å². The molecule has 0 radical (unpaired) electrons. The average molecular weight is 320 g/mol. The Labute approximate surface area is 136 Å². The van der Waals surface area contributed by atoms with Gasteiger partial charge in [0, 0.05) is 25.2 Å². The zero-order valence-corrected chi connectivity index (χ0v) is 13.7. The SMILES string of the molecule is CCCCNC(=O)C1CCCN(c2cc(C)c([N+](=O)[O-])cn2)C1. The minimum atomic E-state index is -0.424. The number of carbonyl (C=O) groups is 1. The van der Waals surface area contributed by atoms with Crippen LogP contribution in [0.25, 0.3) is 0 Å². The van der Waals surface area contributed by atoms with E-state index in [1.54, 1.807) is 13.0 Å². The Balaban J connectivity index is 2.02. The van der Waals surface area contributed by atoms with E-state index in [-0.39, 0.29) is 17.5 Å². The number of hydrogen-bond acceptors (Lipinski definition) is 5. The van der Waals surface area contributed by atoms with Crippen LogP contribution in [0.5, 0.6) is 0 Å². The van der Waals surface area contributed by atoms with Crippen molar-refractivity contribution in [2.24, 2.45) is 5.92 Å². The quantitative estimate of drug-likeness (QED) is 0.494. The lowest BCUT2D eigenvalue weighted by Gasteiger charge is -2.33. The minimum absolute atomic E-state index is 0.0274. The smallest absolute Gasteiger partial charge is 0.290 e. The standard InChI is InChI=1S/C16H24N4O3/c1-3-4-7-17-16(21)13-6-5-8-19(11-13)15-9-12(2)14(10-18-15)20(22)23/h9-10,13H,3-8,11H2,1-2H3,(H,17,21). The topological polar surface area (TPSA) is 88.4 Å². The van der Waals surface area contributed by atoms with Gasteiger partial charge >= 0.3 is 0 Å². The Morgan fingerprint density at radius 3 is 3.00 bits per heavy atom. The number of aromatic nitrogens is 1. The molecule has 2 heterocycles. The second kappa shape index (κ2) is 7.89. The number of anilines is 1. The first-order valence-electron chi connectivity index (χ1n) is 8.16. The lowest BCUT2D eigenvalue weighted by molar-refractivity contribution is -0.385. The fraction of sp³-hybridized carbons (Fsp3) is 0.625. The molecule has 1 fully saturated rings. The van der Waals surface area contributed by atoms with E-state index in [1.807, 2.05) is 4.90 Å². The van der Waals surface area contributed by atoms with Crippen molar-refractivity contribution in [1.82, 2.24) is 10.3 Å². The van der Waals surface area contributed by atoms with Crippen molar-refractivity contribution in [1.29, 1.82) is 0 Å². The molecule has 1 aromatic rings. The molecular weight excluding hydrogens is 296 g/mol. The Kier molecular flexibility index (Phi) is 5.90. The molecule has 1 saturated heterocycles. The van der Waals surface area contributed by atoms with Gasteiger partial charge in [0.05, 0.1) is 10.8 Å². The maximum atomic E-state index is 12.2. The number of nitro groups is 1. The van der Waals surface area contributed by atoms with Crippen LogP contribution in [0, 0.1) is 23.0 Å². The summed E-state index contributed by atoms with van der Waals surface area (Å²) >= 11 is 0. The lowest BCUT2D eigenvalue weighted by Crippen LogP contribution is -2.43. The molecule has 1 aliphatic rings. The van der Waals surface area contributed by atoms with Crippen molar-refractivity contribution in [3.05, 3.63) is 27.9 Å². The molecule has 7 nitrogen and oxygen atoms in total. The van der Waals surface area contributed by atoms with E-state index in [0.717, 1.165) is 38.8 Å². The van der Waals surface area contributed by atoms with Gasteiger partial charge in [0.25, 0.3) is 5.69 Å². The second-order valence-electron chi connectivity index (χ2n) is 6.02. The van der Waals surface area contributed by atoms with Gasteiger partial charge in [-0.15, -0.1) is 0 Å². The molecule has 126 valence electrons. The third-order valence-electron chi connectivity index (χ3n) is 4.21. The Morgan fingerprint density at radius 1 is 1.57 bits per heavy atom. The van der Waals surface area contributed by atoms with Crippen LogP contribution >= 0.6 is 0 Å². The number of nitrogens with one attached hydrogen (secondary N) is 1. The predicted octanol–water partition coefficient (Wildman–Crippen LogP) is 2.43. The number of aryl methyl sites for hydroxylation is 1. The van der Waals surface area contributed by atoms with Crippen LogP contribution in [0.3, 0.4) is 0 Å². The first-order chi connectivity index (χ1) is 11.0. The number of rotatable bonds is 6. The Morgan fingerprint density at radius 2 is 2.35 bits per heavy atom. The van der Waals surface area contributed by atoms with Crippen molar-refractivity contribution < 1.29 is 9.72 Å². The van der Waals surface area contributed by atoms with Gasteiger partial charge in [-0.1, -0.05) is 13.3 Å². The first-order valence-corrected chi connectivity index (χ1v) is 8.16. The van der Waals surface area contributed by atoms with Gasteiger partial charge in [-0.2, -0.15) is 0 Å². The van der Waals surface area contributed by atoms with Crippen LogP contribution in [-0.4, -0.2) is 35.4 Å². The second-order valence-corrected chi connectivity index (χ2v) is 6.02. The third-order valence-corrected chi connectivity index (χ3v) is 4.21. The van der Waals surface area contributed by atoms with E-state index in [4.69, 9.17) is 0 Å². The molecule has 1 atom stereocenters. The summed E-state index contributed by atoms with van der Waals surface area (Å²) in [5.74, 6) is 0.763. The molecule has 0 saturated carbocycles. The lowest BCUT2D eigenvalue weighted by atomic mass is 9.97. The fourth-order valence-electron chi connectivity index (χ4n) is 2.83. The van der Waals surface area contributed by atoms with Gasteiger partial charge in [0.2, 0.25) is 5.91 Å². The number of amides is 1. The molecule has 1 amide bonds. The molecular formula is C16H24N4O3. The van der Waals surface area contributed by atoms with Crippen LogP contribution in [0.2, 0.25) is 0 Å². The van der Waals surface area contributed by atoms with Gasteiger partial charge in [-0.25, -0.2) is 4.98 Å². The molecule has 1 N–H and O–H groups in total. The summed E-state index contributed by atoms with van der Waals surface area (Å²) in [5.41, 5.74) is 0.620. The highest BCUT2D eigenvalue weighted by molar-refractivity contribution is 5.79. The molecule has 2 rings (SSSR count). The molecule has 1 aliphatic heterocycles. The number of hydrogen-bond donors (Lipinski definition) is 1. The summed E-state index contributed by atoms with van der Waals surface area (Å²) < 4.78 is 0. The summed E-state index contributed by atoms with van der Waals surface area (Å²) in [4.78, 5) is 28.9. The van der Waals surface area contributed by atoms with Gasteiger partial charge in [-0.3, -0.25) is 14.9 Å². The van der Waals surface area contributed by atoms with Crippen LogP contribution < -0.4 is 10.2 Å². The molecule has 0 spiro atoms. The Hall–Kier alpha value is -2.18. The van der Waals surface area contributed by atoms with Crippen molar-refractivity contribution in [2.45, 2.75) is 39.5 Å². The zero-order valence-electron chi connectivity index (χ0n) is 13.7. The molecule has 0 bridgehead atoms. The van der Waals surface area contributed by atoms with E-state index in [9.17, 15) is 14.9 Å². The molecule has 0 aromatic carbocycles.